The highest BCUT2D eigenvalue weighted by atomic mass is 19.1. The molecule has 0 saturated carbocycles. The molecule has 0 radical (unpaired) electrons. The van der Waals surface area contributed by atoms with E-state index in [1.54, 1.807) is 0 Å². The molecule has 0 unspecified atom stereocenters. The van der Waals surface area contributed by atoms with Crippen LogP contribution in [0.3, 0.4) is 0 Å². The van der Waals surface area contributed by atoms with Crippen LogP contribution in [-0.4, -0.2) is 34.7 Å². The SMILES string of the molecule is CC1(C)C(=O)NC(=O)CN1C(=O)c1c(F)cc(F)cc1F. The zero-order valence-electron chi connectivity index (χ0n) is 11.2. The fourth-order valence-electron chi connectivity index (χ4n) is 1.99. The summed E-state index contributed by atoms with van der Waals surface area (Å²) >= 11 is 0. The summed E-state index contributed by atoms with van der Waals surface area (Å²) in [4.78, 5) is 36.1. The van der Waals surface area contributed by atoms with Crippen molar-refractivity contribution in [1.29, 1.82) is 0 Å². The van der Waals surface area contributed by atoms with Crippen LogP contribution in [0.15, 0.2) is 12.1 Å². The Morgan fingerprint density at radius 1 is 1.19 bits per heavy atom. The normalized spacial score (nSPS) is 17.7. The molecule has 1 N–H and O–H groups in total. The fourth-order valence-corrected chi connectivity index (χ4v) is 1.99. The summed E-state index contributed by atoms with van der Waals surface area (Å²) in [5, 5.41) is 2.02. The third kappa shape index (κ3) is 2.48. The van der Waals surface area contributed by atoms with Gasteiger partial charge in [0.25, 0.3) is 11.8 Å². The van der Waals surface area contributed by atoms with E-state index in [1.807, 2.05) is 5.32 Å². The molecule has 1 saturated heterocycles. The summed E-state index contributed by atoms with van der Waals surface area (Å²) < 4.78 is 40.2. The highest BCUT2D eigenvalue weighted by molar-refractivity contribution is 6.09. The molecule has 3 amide bonds. The molecule has 1 aliphatic rings. The van der Waals surface area contributed by atoms with E-state index in [9.17, 15) is 27.6 Å². The minimum absolute atomic E-state index is 0.356. The molecule has 0 atom stereocenters. The van der Waals surface area contributed by atoms with Gasteiger partial charge in [0.05, 0.1) is 0 Å². The van der Waals surface area contributed by atoms with E-state index in [1.165, 1.54) is 13.8 Å². The number of carbonyl (C=O) groups is 3. The molecule has 21 heavy (non-hydrogen) atoms. The summed E-state index contributed by atoms with van der Waals surface area (Å²) in [6.45, 7) is 2.12. The molecule has 0 aliphatic carbocycles. The average molecular weight is 300 g/mol. The summed E-state index contributed by atoms with van der Waals surface area (Å²) in [5.74, 6) is -6.70. The summed E-state index contributed by atoms with van der Waals surface area (Å²) in [7, 11) is 0. The second kappa shape index (κ2) is 4.87. The van der Waals surface area contributed by atoms with Gasteiger partial charge in [-0.15, -0.1) is 0 Å². The van der Waals surface area contributed by atoms with Gasteiger partial charge >= 0.3 is 0 Å². The smallest absolute Gasteiger partial charge is 0.261 e. The number of nitrogens with zero attached hydrogens (tertiary/aromatic N) is 1. The fraction of sp³-hybridized carbons (Fsp3) is 0.308. The molecule has 1 heterocycles. The second-order valence-corrected chi connectivity index (χ2v) is 5.07. The quantitative estimate of drug-likeness (QED) is 0.786. The topological polar surface area (TPSA) is 66.5 Å². The van der Waals surface area contributed by atoms with Crippen molar-refractivity contribution in [2.45, 2.75) is 19.4 Å². The van der Waals surface area contributed by atoms with Crippen LogP contribution in [0.1, 0.15) is 24.2 Å². The van der Waals surface area contributed by atoms with Gasteiger partial charge in [-0.25, -0.2) is 13.2 Å². The molecule has 0 bridgehead atoms. The lowest BCUT2D eigenvalue weighted by molar-refractivity contribution is -0.143. The van der Waals surface area contributed by atoms with Gasteiger partial charge in [-0.3, -0.25) is 19.7 Å². The maximum absolute atomic E-state index is 13.6. The van der Waals surface area contributed by atoms with Crippen LogP contribution in [0.4, 0.5) is 13.2 Å². The highest BCUT2D eigenvalue weighted by Gasteiger charge is 2.44. The van der Waals surface area contributed by atoms with Crippen molar-refractivity contribution in [3.63, 3.8) is 0 Å². The Kier molecular flexibility index (Phi) is 3.48. The molecule has 0 aromatic heterocycles. The highest BCUT2D eigenvalue weighted by Crippen LogP contribution is 2.24. The van der Waals surface area contributed by atoms with E-state index in [-0.39, 0.29) is 0 Å². The second-order valence-electron chi connectivity index (χ2n) is 5.07. The van der Waals surface area contributed by atoms with Crippen LogP contribution in [-0.2, 0) is 9.59 Å². The first kappa shape index (κ1) is 15.0. The Morgan fingerprint density at radius 2 is 1.71 bits per heavy atom. The van der Waals surface area contributed by atoms with Gasteiger partial charge < -0.3 is 4.90 Å². The monoisotopic (exact) mass is 300 g/mol. The number of amides is 3. The van der Waals surface area contributed by atoms with E-state index >= 15 is 0 Å². The molecule has 1 aromatic carbocycles. The minimum atomic E-state index is -1.47. The Balaban J connectivity index is 2.48. The first-order chi connectivity index (χ1) is 9.64. The molecule has 0 spiro atoms. The standard InChI is InChI=1S/C13H11F3N2O3/c1-13(2)12(21)17-9(19)5-18(13)11(20)10-7(15)3-6(14)4-8(10)16/h3-4H,5H2,1-2H3,(H,17,19,21). The van der Waals surface area contributed by atoms with Crippen molar-refractivity contribution < 1.29 is 27.6 Å². The van der Waals surface area contributed by atoms with Crippen LogP contribution in [0.25, 0.3) is 0 Å². The van der Waals surface area contributed by atoms with E-state index in [0.29, 0.717) is 12.1 Å². The van der Waals surface area contributed by atoms with Gasteiger partial charge in [0.15, 0.2) is 0 Å². The van der Waals surface area contributed by atoms with E-state index in [0.717, 1.165) is 4.90 Å². The molecule has 112 valence electrons. The van der Waals surface area contributed by atoms with Gasteiger partial charge in [-0.05, 0) is 13.8 Å². The zero-order valence-corrected chi connectivity index (χ0v) is 11.2. The van der Waals surface area contributed by atoms with Crippen LogP contribution in [0.5, 0.6) is 0 Å². The number of hydrogen-bond acceptors (Lipinski definition) is 3. The third-order valence-electron chi connectivity index (χ3n) is 3.25. The first-order valence-corrected chi connectivity index (χ1v) is 5.95. The molecule has 2 rings (SSSR count). The van der Waals surface area contributed by atoms with Gasteiger partial charge in [-0.1, -0.05) is 0 Å². The molecule has 8 heteroatoms. The predicted molar refractivity (Wildman–Crippen MR) is 64.6 cm³/mol. The average Bonchev–Trinajstić information content (AvgIpc) is 2.32. The van der Waals surface area contributed by atoms with Crippen LogP contribution < -0.4 is 5.32 Å². The Hall–Kier alpha value is -2.38. The van der Waals surface area contributed by atoms with E-state index in [4.69, 9.17) is 0 Å². The largest absolute Gasteiger partial charge is 0.315 e. The lowest BCUT2D eigenvalue weighted by atomic mass is 9.97. The van der Waals surface area contributed by atoms with E-state index < -0.39 is 52.8 Å². The van der Waals surface area contributed by atoms with Crippen LogP contribution >= 0.6 is 0 Å². The van der Waals surface area contributed by atoms with Crippen LogP contribution in [0, 0.1) is 17.5 Å². The first-order valence-electron chi connectivity index (χ1n) is 5.95. The number of rotatable bonds is 1. The number of nitrogens with one attached hydrogen (secondary N) is 1. The maximum atomic E-state index is 13.6. The molecule has 5 nitrogen and oxygen atoms in total. The van der Waals surface area contributed by atoms with Gasteiger partial charge in [0.1, 0.15) is 35.1 Å². The Labute approximate surface area is 117 Å². The van der Waals surface area contributed by atoms with Crippen molar-refractivity contribution in [3.8, 4) is 0 Å². The molecular formula is C13H11F3N2O3. The molecule has 1 aromatic rings. The number of halogens is 3. The molecular weight excluding hydrogens is 289 g/mol. The number of hydrogen-bond donors (Lipinski definition) is 1. The maximum Gasteiger partial charge on any atom is 0.261 e. The summed E-state index contributed by atoms with van der Waals surface area (Å²) in [5.41, 5.74) is -2.48. The number of benzene rings is 1. The van der Waals surface area contributed by atoms with E-state index in [2.05, 4.69) is 0 Å². The Morgan fingerprint density at radius 3 is 2.24 bits per heavy atom. The minimum Gasteiger partial charge on any atom is -0.315 e. The summed E-state index contributed by atoms with van der Waals surface area (Å²) in [6.07, 6.45) is 0. The Bertz CT molecular complexity index is 635. The summed E-state index contributed by atoms with van der Waals surface area (Å²) in [6, 6.07) is 0.713. The van der Waals surface area contributed by atoms with Crippen molar-refractivity contribution in [2.24, 2.45) is 0 Å². The van der Waals surface area contributed by atoms with Crippen molar-refractivity contribution in [2.75, 3.05) is 6.54 Å². The third-order valence-corrected chi connectivity index (χ3v) is 3.25. The number of carbonyl (C=O) groups excluding carboxylic acids is 3. The molecule has 1 fully saturated rings. The van der Waals surface area contributed by atoms with Crippen LogP contribution in [0.2, 0.25) is 0 Å². The lowest BCUT2D eigenvalue weighted by Gasteiger charge is -2.40. The number of piperazine rings is 1. The zero-order chi connectivity index (χ0) is 15.9. The van der Waals surface area contributed by atoms with Gasteiger partial charge in [-0.2, -0.15) is 0 Å². The molecule has 1 aliphatic heterocycles. The van der Waals surface area contributed by atoms with Crippen molar-refractivity contribution in [1.82, 2.24) is 10.2 Å². The van der Waals surface area contributed by atoms with Crippen molar-refractivity contribution in [3.05, 3.63) is 35.1 Å². The van der Waals surface area contributed by atoms with Gasteiger partial charge in [0, 0.05) is 12.1 Å². The van der Waals surface area contributed by atoms with Crippen molar-refractivity contribution >= 4 is 17.7 Å². The van der Waals surface area contributed by atoms with Gasteiger partial charge in [0.2, 0.25) is 5.91 Å². The lowest BCUT2D eigenvalue weighted by Crippen LogP contribution is -2.65. The number of imide groups is 1. The predicted octanol–water partition coefficient (Wildman–Crippen LogP) is 0.981.